The van der Waals surface area contributed by atoms with Crippen LogP contribution in [0.5, 0.6) is 11.8 Å². The lowest BCUT2D eigenvalue weighted by Crippen LogP contribution is -2.19. The average Bonchev–Trinajstić information content (AvgIpc) is 3.22. The fourth-order valence-corrected chi connectivity index (χ4v) is 3.22. The number of aromatic nitrogens is 4. The fraction of sp³-hybridized carbons (Fsp3) is 0.263. The van der Waals surface area contributed by atoms with Crippen molar-refractivity contribution in [3.8, 4) is 29.0 Å². The largest absolute Gasteiger partial charge is 0.494 e. The number of fused-ring (bicyclic) bond motifs is 1. The van der Waals surface area contributed by atoms with Crippen molar-refractivity contribution in [2.24, 2.45) is 0 Å². The van der Waals surface area contributed by atoms with Crippen molar-refractivity contribution >= 4 is 0 Å². The predicted molar refractivity (Wildman–Crippen MR) is 93.8 cm³/mol. The molecule has 1 aliphatic heterocycles. The Bertz CT molecular complexity index is 988. The molecule has 2 aromatic heterocycles. The van der Waals surface area contributed by atoms with Crippen molar-refractivity contribution in [3.63, 3.8) is 0 Å². The van der Waals surface area contributed by atoms with Gasteiger partial charge < -0.3 is 9.47 Å². The van der Waals surface area contributed by atoms with Crippen LogP contribution in [0.25, 0.3) is 11.1 Å². The summed E-state index contributed by atoms with van der Waals surface area (Å²) in [7, 11) is 1.57. The first-order valence-electron chi connectivity index (χ1n) is 8.26. The maximum atomic E-state index is 9.04. The second-order valence-electron chi connectivity index (χ2n) is 6.18. The Morgan fingerprint density at radius 1 is 1.19 bits per heavy atom. The van der Waals surface area contributed by atoms with Crippen LogP contribution in [0.3, 0.4) is 0 Å². The summed E-state index contributed by atoms with van der Waals surface area (Å²) < 4.78 is 12.9. The number of nitriles is 1. The van der Waals surface area contributed by atoms with E-state index in [4.69, 9.17) is 14.7 Å². The molecule has 1 atom stereocenters. The van der Waals surface area contributed by atoms with Gasteiger partial charge in [0, 0.05) is 12.0 Å². The van der Waals surface area contributed by atoms with Gasteiger partial charge in [0.15, 0.2) is 5.75 Å². The van der Waals surface area contributed by atoms with Gasteiger partial charge in [-0.2, -0.15) is 20.3 Å². The molecule has 1 aromatic carbocycles. The van der Waals surface area contributed by atoms with E-state index in [1.165, 1.54) is 0 Å². The average molecular weight is 347 g/mol. The van der Waals surface area contributed by atoms with Gasteiger partial charge in [-0.3, -0.25) is 4.68 Å². The minimum Gasteiger partial charge on any atom is -0.494 e. The van der Waals surface area contributed by atoms with E-state index in [9.17, 15) is 0 Å². The molecule has 3 heterocycles. The number of methoxy groups -OCH3 is 1. The Kier molecular flexibility index (Phi) is 4.01. The molecule has 7 nitrogen and oxygen atoms in total. The lowest BCUT2D eigenvalue weighted by atomic mass is 9.98. The van der Waals surface area contributed by atoms with Gasteiger partial charge in [0.2, 0.25) is 0 Å². The summed E-state index contributed by atoms with van der Waals surface area (Å²) in [5, 5.41) is 13.5. The van der Waals surface area contributed by atoms with Crippen LogP contribution in [0.15, 0.2) is 36.8 Å². The van der Waals surface area contributed by atoms with Crippen molar-refractivity contribution in [2.45, 2.75) is 26.0 Å². The molecule has 0 amide bonds. The summed E-state index contributed by atoms with van der Waals surface area (Å²) in [5.41, 5.74) is 5.01. The Balaban J connectivity index is 1.54. The number of aryl methyl sites for hydroxylation is 1. The molecule has 0 N–H and O–H groups in total. The summed E-state index contributed by atoms with van der Waals surface area (Å²) in [5.74, 6) is 0.593. The highest BCUT2D eigenvalue weighted by molar-refractivity contribution is 5.70. The zero-order valence-corrected chi connectivity index (χ0v) is 14.5. The highest BCUT2D eigenvalue weighted by atomic mass is 16.5. The van der Waals surface area contributed by atoms with Crippen LogP contribution in [-0.4, -0.2) is 33.0 Å². The second kappa shape index (κ2) is 6.48. The fourth-order valence-electron chi connectivity index (χ4n) is 3.22. The van der Waals surface area contributed by atoms with Crippen LogP contribution in [0, 0.1) is 18.3 Å². The van der Waals surface area contributed by atoms with Gasteiger partial charge in [-0.25, -0.2) is 0 Å². The SMILES string of the molecule is COc1cnc(O[C@@H]2Cc3c(-c4ccc(C#N)cc4C)cnn3C2)nc1. The van der Waals surface area contributed by atoms with Gasteiger partial charge in [0.1, 0.15) is 6.10 Å². The van der Waals surface area contributed by atoms with Gasteiger partial charge >= 0.3 is 6.01 Å². The highest BCUT2D eigenvalue weighted by Gasteiger charge is 2.28. The maximum Gasteiger partial charge on any atom is 0.316 e. The van der Waals surface area contributed by atoms with Crippen LogP contribution >= 0.6 is 0 Å². The Hall–Kier alpha value is -3.40. The molecule has 1 aliphatic rings. The van der Waals surface area contributed by atoms with Crippen molar-refractivity contribution in [1.82, 2.24) is 19.7 Å². The van der Waals surface area contributed by atoms with Gasteiger partial charge in [-0.1, -0.05) is 6.07 Å². The van der Waals surface area contributed by atoms with E-state index in [1.807, 2.05) is 36.0 Å². The summed E-state index contributed by atoms with van der Waals surface area (Å²) in [6.45, 7) is 2.66. The van der Waals surface area contributed by atoms with Gasteiger partial charge in [-0.05, 0) is 30.2 Å². The Morgan fingerprint density at radius 3 is 2.69 bits per heavy atom. The Morgan fingerprint density at radius 2 is 2.00 bits per heavy atom. The summed E-state index contributed by atoms with van der Waals surface area (Å²) >= 11 is 0. The van der Waals surface area contributed by atoms with E-state index in [2.05, 4.69) is 21.1 Å². The molecular formula is C19H17N5O2. The Labute approximate surface area is 150 Å². The number of ether oxygens (including phenoxy) is 2. The monoisotopic (exact) mass is 347 g/mol. The molecule has 0 aliphatic carbocycles. The van der Waals surface area contributed by atoms with E-state index in [-0.39, 0.29) is 6.10 Å². The molecule has 7 heteroatoms. The van der Waals surface area contributed by atoms with Gasteiger partial charge in [0.05, 0.1) is 49.6 Å². The van der Waals surface area contributed by atoms with Gasteiger partial charge in [0.25, 0.3) is 0 Å². The summed E-state index contributed by atoms with van der Waals surface area (Å²) in [6.07, 6.45) is 5.71. The third-order valence-electron chi connectivity index (χ3n) is 4.50. The lowest BCUT2D eigenvalue weighted by Gasteiger charge is -2.11. The smallest absolute Gasteiger partial charge is 0.316 e. The topological polar surface area (TPSA) is 85.9 Å². The predicted octanol–water partition coefficient (Wildman–Crippen LogP) is 2.53. The van der Waals surface area contributed by atoms with E-state index < -0.39 is 0 Å². The molecule has 0 saturated heterocycles. The van der Waals surface area contributed by atoms with E-state index in [0.29, 0.717) is 23.9 Å². The number of hydrogen-bond acceptors (Lipinski definition) is 6. The molecule has 0 fully saturated rings. The molecule has 4 rings (SSSR count). The van der Waals surface area contributed by atoms with Crippen molar-refractivity contribution in [2.75, 3.05) is 7.11 Å². The quantitative estimate of drug-likeness (QED) is 0.721. The molecule has 130 valence electrons. The summed E-state index contributed by atoms with van der Waals surface area (Å²) in [4.78, 5) is 8.31. The third kappa shape index (κ3) is 2.86. The van der Waals surface area contributed by atoms with Crippen LogP contribution in [-0.2, 0) is 13.0 Å². The van der Waals surface area contributed by atoms with Crippen molar-refractivity contribution in [1.29, 1.82) is 5.26 Å². The molecule has 3 aromatic rings. The normalized spacial score (nSPS) is 15.3. The molecular weight excluding hydrogens is 330 g/mol. The zero-order chi connectivity index (χ0) is 18.1. The number of hydrogen-bond donors (Lipinski definition) is 0. The molecule has 26 heavy (non-hydrogen) atoms. The van der Waals surface area contributed by atoms with Crippen LogP contribution in [0.2, 0.25) is 0 Å². The van der Waals surface area contributed by atoms with E-state index in [1.54, 1.807) is 19.5 Å². The first-order chi connectivity index (χ1) is 12.7. The molecule has 0 bridgehead atoms. The highest BCUT2D eigenvalue weighted by Crippen LogP contribution is 2.32. The van der Waals surface area contributed by atoms with Crippen LogP contribution in [0.4, 0.5) is 0 Å². The van der Waals surface area contributed by atoms with E-state index in [0.717, 1.165) is 28.8 Å². The number of nitrogens with zero attached hydrogens (tertiary/aromatic N) is 5. The van der Waals surface area contributed by atoms with E-state index >= 15 is 0 Å². The van der Waals surface area contributed by atoms with Crippen LogP contribution in [0.1, 0.15) is 16.8 Å². The van der Waals surface area contributed by atoms with Gasteiger partial charge in [-0.15, -0.1) is 0 Å². The maximum absolute atomic E-state index is 9.04. The molecule has 0 saturated carbocycles. The van der Waals surface area contributed by atoms with Crippen molar-refractivity contribution in [3.05, 3.63) is 53.6 Å². The third-order valence-corrected chi connectivity index (χ3v) is 4.50. The standard InChI is InChI=1S/C19H17N5O2/c1-12-5-13(7-20)3-4-16(12)17-10-23-24-11-14(6-18(17)24)26-19-21-8-15(25-2)9-22-19/h3-5,8-10,14H,6,11H2,1-2H3/t14-/m1/s1. The minimum absolute atomic E-state index is 0.0652. The molecule has 0 radical (unpaired) electrons. The first kappa shape index (κ1) is 16.1. The van der Waals surface area contributed by atoms with Crippen LogP contribution < -0.4 is 9.47 Å². The summed E-state index contributed by atoms with van der Waals surface area (Å²) in [6, 6.07) is 8.21. The van der Waals surface area contributed by atoms with Crippen molar-refractivity contribution < 1.29 is 9.47 Å². The molecule has 0 spiro atoms. The number of rotatable bonds is 4. The first-order valence-corrected chi connectivity index (χ1v) is 8.26. The minimum atomic E-state index is -0.0652. The zero-order valence-electron chi connectivity index (χ0n) is 14.5. The molecule has 0 unspecified atom stereocenters. The number of benzene rings is 1. The second-order valence-corrected chi connectivity index (χ2v) is 6.18. The lowest BCUT2D eigenvalue weighted by molar-refractivity contribution is 0.181.